The molecule has 2 rings (SSSR count). The Hall–Kier alpha value is -0.820. The van der Waals surface area contributed by atoms with Crippen LogP contribution in [0.25, 0.3) is 0 Å². The maximum absolute atomic E-state index is 5.73. The SMILES string of the molecule is CCC[C@H]1O[C@@]1(C)c1ccccc1. The average Bonchev–Trinajstić information content (AvgIpc) is 2.81. The highest BCUT2D eigenvalue weighted by atomic mass is 16.6. The summed E-state index contributed by atoms with van der Waals surface area (Å²) in [4.78, 5) is 0. The standard InChI is InChI=1S/C12H16O/c1-3-7-11-12(2,13-11)10-8-5-4-6-9-10/h4-6,8-9,11H,3,7H2,1-2H3/t11-,12+/m1/s1. The van der Waals surface area contributed by atoms with E-state index in [4.69, 9.17) is 4.74 Å². The zero-order valence-corrected chi connectivity index (χ0v) is 8.29. The molecule has 1 aromatic rings. The van der Waals surface area contributed by atoms with Crippen LogP contribution in [0.15, 0.2) is 30.3 Å². The highest BCUT2D eigenvalue weighted by Crippen LogP contribution is 2.47. The van der Waals surface area contributed by atoms with Crippen LogP contribution in [0.5, 0.6) is 0 Å². The largest absolute Gasteiger partial charge is 0.361 e. The van der Waals surface area contributed by atoms with Crippen LogP contribution in [-0.4, -0.2) is 6.10 Å². The van der Waals surface area contributed by atoms with Crippen LogP contribution < -0.4 is 0 Å². The van der Waals surface area contributed by atoms with E-state index in [1.54, 1.807) is 0 Å². The summed E-state index contributed by atoms with van der Waals surface area (Å²) in [6, 6.07) is 10.5. The second kappa shape index (κ2) is 3.15. The van der Waals surface area contributed by atoms with Crippen LogP contribution in [0.1, 0.15) is 32.3 Å². The molecule has 2 atom stereocenters. The summed E-state index contributed by atoms with van der Waals surface area (Å²) < 4.78 is 5.73. The number of epoxide rings is 1. The molecule has 1 nitrogen and oxygen atoms in total. The minimum Gasteiger partial charge on any atom is -0.361 e. The van der Waals surface area contributed by atoms with Gasteiger partial charge in [0.1, 0.15) is 5.60 Å². The molecule has 0 aliphatic carbocycles. The smallest absolute Gasteiger partial charge is 0.117 e. The molecule has 1 aromatic carbocycles. The maximum Gasteiger partial charge on any atom is 0.117 e. The molecule has 13 heavy (non-hydrogen) atoms. The van der Waals surface area contributed by atoms with E-state index in [1.807, 2.05) is 6.07 Å². The first-order valence-corrected chi connectivity index (χ1v) is 5.00. The summed E-state index contributed by atoms with van der Waals surface area (Å²) >= 11 is 0. The lowest BCUT2D eigenvalue weighted by molar-refractivity contribution is 0.308. The lowest BCUT2D eigenvalue weighted by Crippen LogP contribution is -2.06. The molecule has 0 unspecified atom stereocenters. The Morgan fingerprint density at radius 3 is 2.62 bits per heavy atom. The van der Waals surface area contributed by atoms with Crippen molar-refractivity contribution >= 4 is 0 Å². The van der Waals surface area contributed by atoms with Crippen LogP contribution in [0.3, 0.4) is 0 Å². The fourth-order valence-electron chi connectivity index (χ4n) is 1.88. The molecule has 70 valence electrons. The van der Waals surface area contributed by atoms with E-state index < -0.39 is 0 Å². The summed E-state index contributed by atoms with van der Waals surface area (Å²) in [7, 11) is 0. The van der Waals surface area contributed by atoms with Gasteiger partial charge in [0.2, 0.25) is 0 Å². The molecule has 1 saturated heterocycles. The number of hydrogen-bond donors (Lipinski definition) is 0. The molecule has 1 aliphatic rings. The first-order chi connectivity index (χ1) is 6.27. The summed E-state index contributed by atoms with van der Waals surface area (Å²) in [6.07, 6.45) is 2.82. The summed E-state index contributed by atoms with van der Waals surface area (Å²) in [5.74, 6) is 0. The van der Waals surface area contributed by atoms with Gasteiger partial charge in [-0.05, 0) is 18.9 Å². The molecule has 0 saturated carbocycles. The Labute approximate surface area is 79.7 Å². The van der Waals surface area contributed by atoms with Gasteiger partial charge < -0.3 is 4.74 Å². The monoisotopic (exact) mass is 176 g/mol. The van der Waals surface area contributed by atoms with Crippen LogP contribution in [0.4, 0.5) is 0 Å². The van der Waals surface area contributed by atoms with Crippen LogP contribution in [0, 0.1) is 0 Å². The quantitative estimate of drug-likeness (QED) is 0.645. The molecule has 0 spiro atoms. The van der Waals surface area contributed by atoms with Gasteiger partial charge in [-0.2, -0.15) is 0 Å². The number of hydrogen-bond acceptors (Lipinski definition) is 1. The molecule has 0 amide bonds. The molecular formula is C12H16O. The third kappa shape index (κ3) is 1.49. The van der Waals surface area contributed by atoms with Crippen LogP contribution >= 0.6 is 0 Å². The van der Waals surface area contributed by atoms with Gasteiger partial charge in [0.15, 0.2) is 0 Å². The van der Waals surface area contributed by atoms with Crippen LogP contribution in [0.2, 0.25) is 0 Å². The minimum absolute atomic E-state index is 0.0112. The Morgan fingerprint density at radius 2 is 2.00 bits per heavy atom. The Kier molecular flexibility index (Phi) is 2.12. The molecule has 0 N–H and O–H groups in total. The van der Waals surface area contributed by atoms with Gasteiger partial charge in [0.25, 0.3) is 0 Å². The lowest BCUT2D eigenvalue weighted by Gasteiger charge is -2.05. The van der Waals surface area contributed by atoms with Crippen molar-refractivity contribution in [3.63, 3.8) is 0 Å². The zero-order valence-electron chi connectivity index (χ0n) is 8.29. The lowest BCUT2D eigenvalue weighted by atomic mass is 9.95. The predicted octanol–water partition coefficient (Wildman–Crippen LogP) is 3.10. The second-order valence-corrected chi connectivity index (χ2v) is 3.87. The molecule has 0 radical (unpaired) electrons. The van der Waals surface area contributed by atoms with Gasteiger partial charge in [0.05, 0.1) is 6.10 Å². The predicted molar refractivity (Wildman–Crippen MR) is 53.6 cm³/mol. The van der Waals surface area contributed by atoms with Crippen molar-refractivity contribution in [3.8, 4) is 0 Å². The second-order valence-electron chi connectivity index (χ2n) is 3.87. The van der Waals surface area contributed by atoms with Crippen molar-refractivity contribution in [1.82, 2.24) is 0 Å². The fourth-order valence-corrected chi connectivity index (χ4v) is 1.88. The number of rotatable bonds is 3. The average molecular weight is 176 g/mol. The van der Waals surface area contributed by atoms with Gasteiger partial charge in [-0.3, -0.25) is 0 Å². The molecule has 0 bridgehead atoms. The van der Waals surface area contributed by atoms with Crippen molar-refractivity contribution in [1.29, 1.82) is 0 Å². The first kappa shape index (κ1) is 8.76. The summed E-state index contributed by atoms with van der Waals surface area (Å²) in [5.41, 5.74) is 1.32. The molecular weight excluding hydrogens is 160 g/mol. The van der Waals surface area contributed by atoms with E-state index in [0.29, 0.717) is 6.10 Å². The Bertz CT molecular complexity index is 280. The van der Waals surface area contributed by atoms with Crippen molar-refractivity contribution in [2.75, 3.05) is 0 Å². The van der Waals surface area contributed by atoms with Gasteiger partial charge in [0, 0.05) is 0 Å². The van der Waals surface area contributed by atoms with E-state index in [2.05, 4.69) is 38.1 Å². The van der Waals surface area contributed by atoms with Gasteiger partial charge in [-0.1, -0.05) is 43.7 Å². The minimum atomic E-state index is 0.0112. The maximum atomic E-state index is 5.73. The van der Waals surface area contributed by atoms with Gasteiger partial charge in [-0.15, -0.1) is 0 Å². The highest BCUT2D eigenvalue weighted by molar-refractivity contribution is 5.27. The van der Waals surface area contributed by atoms with E-state index in [1.165, 1.54) is 18.4 Å². The number of ether oxygens (including phenoxy) is 1. The van der Waals surface area contributed by atoms with Crippen molar-refractivity contribution < 1.29 is 4.74 Å². The van der Waals surface area contributed by atoms with E-state index in [9.17, 15) is 0 Å². The van der Waals surface area contributed by atoms with E-state index in [-0.39, 0.29) is 5.60 Å². The van der Waals surface area contributed by atoms with Crippen molar-refractivity contribution in [2.45, 2.75) is 38.4 Å². The van der Waals surface area contributed by atoms with E-state index >= 15 is 0 Å². The van der Waals surface area contributed by atoms with Crippen molar-refractivity contribution in [2.24, 2.45) is 0 Å². The van der Waals surface area contributed by atoms with E-state index in [0.717, 1.165) is 0 Å². The van der Waals surface area contributed by atoms with Gasteiger partial charge >= 0.3 is 0 Å². The molecule has 1 heterocycles. The summed E-state index contributed by atoms with van der Waals surface area (Å²) in [6.45, 7) is 4.38. The summed E-state index contributed by atoms with van der Waals surface area (Å²) in [5, 5.41) is 0. The zero-order chi connectivity index (χ0) is 9.31. The molecule has 1 aliphatic heterocycles. The van der Waals surface area contributed by atoms with Crippen LogP contribution in [-0.2, 0) is 10.3 Å². The number of benzene rings is 1. The van der Waals surface area contributed by atoms with Crippen molar-refractivity contribution in [3.05, 3.63) is 35.9 Å². The Balaban J connectivity index is 2.11. The third-order valence-electron chi connectivity index (χ3n) is 2.84. The molecule has 1 heteroatoms. The third-order valence-corrected chi connectivity index (χ3v) is 2.84. The normalized spacial score (nSPS) is 31.7. The topological polar surface area (TPSA) is 12.5 Å². The first-order valence-electron chi connectivity index (χ1n) is 5.00. The fraction of sp³-hybridized carbons (Fsp3) is 0.500. The Morgan fingerprint density at radius 1 is 1.31 bits per heavy atom. The van der Waals surface area contributed by atoms with Gasteiger partial charge in [-0.25, -0.2) is 0 Å². The molecule has 0 aromatic heterocycles. The highest BCUT2D eigenvalue weighted by Gasteiger charge is 2.52. The molecule has 1 fully saturated rings.